The van der Waals surface area contributed by atoms with Crippen LogP contribution in [-0.2, 0) is 7.05 Å². The fourth-order valence-electron chi connectivity index (χ4n) is 2.42. The quantitative estimate of drug-likeness (QED) is 0.367. The van der Waals surface area contributed by atoms with Gasteiger partial charge in [0.25, 0.3) is 0 Å². The van der Waals surface area contributed by atoms with Crippen LogP contribution in [0.3, 0.4) is 0 Å². The van der Waals surface area contributed by atoms with Crippen LogP contribution in [0.15, 0.2) is 42.7 Å². The molecule has 0 atom stereocenters. The Kier molecular flexibility index (Phi) is 3.54. The predicted molar refractivity (Wildman–Crippen MR) is 97.7 cm³/mol. The van der Waals surface area contributed by atoms with E-state index in [1.54, 1.807) is 6.33 Å². The summed E-state index contributed by atoms with van der Waals surface area (Å²) in [5, 5.41) is 8.76. The standard InChI is InChI=1S/C16H12ClIN4/c1-22-9-19-21-16(22)12-5-3-2-4-11(12)10-6-14(13-8-18-13)20-15(17)7-10/h2-7,9H,8H2,1H3. The summed E-state index contributed by atoms with van der Waals surface area (Å²) in [5.41, 5.74) is 4.29. The summed E-state index contributed by atoms with van der Waals surface area (Å²) >= 11 is 6.45. The average Bonchev–Trinajstić information content (AvgIpc) is 3.29. The highest BCUT2D eigenvalue weighted by atomic mass is 127. The number of halogens is 2. The van der Waals surface area contributed by atoms with Gasteiger partial charge in [0.2, 0.25) is 0 Å². The molecule has 110 valence electrons. The van der Waals surface area contributed by atoms with Gasteiger partial charge in [-0.1, -0.05) is 35.9 Å². The Bertz CT molecular complexity index is 901. The van der Waals surface area contributed by atoms with Crippen molar-refractivity contribution in [2.75, 3.05) is 4.43 Å². The lowest BCUT2D eigenvalue weighted by Gasteiger charge is -2.10. The fraction of sp³-hybridized carbons (Fsp3) is 0.125. The number of hydrogen-bond donors (Lipinski definition) is 0. The number of alkyl halides is 1. The highest BCUT2D eigenvalue weighted by Crippen LogP contribution is 2.34. The van der Waals surface area contributed by atoms with Crippen molar-refractivity contribution in [2.24, 2.45) is 7.05 Å². The minimum atomic E-state index is 0.219. The molecule has 4 nitrogen and oxygen atoms in total. The van der Waals surface area contributed by atoms with Crippen molar-refractivity contribution in [3.8, 4) is 22.5 Å². The second kappa shape index (κ2) is 5.55. The molecule has 0 spiro atoms. The zero-order chi connectivity index (χ0) is 15.1. The molecule has 1 aliphatic rings. The predicted octanol–water partition coefficient (Wildman–Crippen LogP) is 3.70. The van der Waals surface area contributed by atoms with Crippen molar-refractivity contribution < 1.29 is 0 Å². The highest BCUT2D eigenvalue weighted by molar-refractivity contribution is 14.2. The molecule has 0 saturated heterocycles. The first kappa shape index (κ1) is 14.0. The minimum Gasteiger partial charge on any atom is -0.317 e. The van der Waals surface area contributed by atoms with Crippen LogP contribution in [0, 0.1) is 0 Å². The van der Waals surface area contributed by atoms with Gasteiger partial charge in [-0.05, 0) is 23.3 Å². The SMILES string of the molecule is Cn1cnnc1-c1ccccc1-c1cc(Cl)nc(C2=IC2)c1. The third-order valence-corrected chi connectivity index (χ3v) is 5.80. The molecule has 0 unspecified atom stereocenters. The second-order valence-corrected chi connectivity index (χ2v) is 8.26. The van der Waals surface area contributed by atoms with E-state index in [1.165, 1.54) is 7.94 Å². The molecule has 4 rings (SSSR count). The monoisotopic (exact) mass is 422 g/mol. The number of rotatable bonds is 3. The van der Waals surface area contributed by atoms with Gasteiger partial charge in [-0.2, -0.15) is 0 Å². The molecule has 0 radical (unpaired) electrons. The smallest absolute Gasteiger partial charge is 0.164 e. The van der Waals surface area contributed by atoms with Crippen molar-refractivity contribution in [3.63, 3.8) is 0 Å². The van der Waals surface area contributed by atoms with Gasteiger partial charge in [-0.15, -0.1) is 30.9 Å². The lowest BCUT2D eigenvalue weighted by molar-refractivity contribution is 0.920. The van der Waals surface area contributed by atoms with Crippen molar-refractivity contribution in [1.29, 1.82) is 0 Å². The van der Waals surface area contributed by atoms with Gasteiger partial charge < -0.3 is 4.57 Å². The topological polar surface area (TPSA) is 43.6 Å². The Morgan fingerprint density at radius 1 is 1.18 bits per heavy atom. The first-order valence-corrected chi connectivity index (χ1v) is 9.77. The van der Waals surface area contributed by atoms with Crippen molar-refractivity contribution >= 4 is 35.8 Å². The number of benzene rings is 1. The summed E-state index contributed by atoms with van der Waals surface area (Å²) in [6.07, 6.45) is 1.71. The molecule has 22 heavy (non-hydrogen) atoms. The maximum Gasteiger partial charge on any atom is 0.164 e. The molecule has 0 saturated carbocycles. The van der Waals surface area contributed by atoms with E-state index in [9.17, 15) is 0 Å². The van der Waals surface area contributed by atoms with Crippen LogP contribution in [-0.4, -0.2) is 27.7 Å². The Balaban J connectivity index is 1.90. The van der Waals surface area contributed by atoms with Gasteiger partial charge in [-0.25, -0.2) is 4.98 Å². The molecule has 0 amide bonds. The Labute approximate surface area is 142 Å². The van der Waals surface area contributed by atoms with Crippen LogP contribution < -0.4 is 0 Å². The lowest BCUT2D eigenvalue weighted by Crippen LogP contribution is -1.97. The van der Waals surface area contributed by atoms with Gasteiger partial charge in [0.1, 0.15) is 11.5 Å². The summed E-state index contributed by atoms with van der Waals surface area (Å²) in [4.78, 5) is 4.45. The molecule has 3 heterocycles. The van der Waals surface area contributed by atoms with E-state index in [1.807, 2.05) is 29.8 Å². The van der Waals surface area contributed by atoms with Crippen molar-refractivity contribution in [1.82, 2.24) is 19.7 Å². The average molecular weight is 423 g/mol. The first-order chi connectivity index (χ1) is 10.7. The van der Waals surface area contributed by atoms with Crippen LogP contribution in [0.2, 0.25) is 5.15 Å². The van der Waals surface area contributed by atoms with E-state index in [-0.39, 0.29) is 20.7 Å². The van der Waals surface area contributed by atoms with Crippen LogP contribution in [0.4, 0.5) is 0 Å². The third-order valence-electron chi connectivity index (χ3n) is 3.53. The molecular formula is C16H12ClIN4. The number of aromatic nitrogens is 4. The van der Waals surface area contributed by atoms with E-state index in [2.05, 4.69) is 33.4 Å². The summed E-state index contributed by atoms with van der Waals surface area (Å²) in [6.45, 7) is 0. The summed E-state index contributed by atoms with van der Waals surface area (Å²) in [6, 6.07) is 12.3. The molecular weight excluding hydrogens is 411 g/mol. The van der Waals surface area contributed by atoms with E-state index < -0.39 is 0 Å². The second-order valence-electron chi connectivity index (χ2n) is 5.05. The van der Waals surface area contributed by atoms with E-state index in [0.717, 1.165) is 28.2 Å². The Morgan fingerprint density at radius 3 is 2.64 bits per heavy atom. The normalized spacial score (nSPS) is 13.5. The maximum absolute atomic E-state index is 6.23. The number of pyridine rings is 1. The zero-order valence-corrected chi connectivity index (χ0v) is 14.7. The summed E-state index contributed by atoms with van der Waals surface area (Å²) in [7, 11) is 1.95. The molecule has 0 bridgehead atoms. The fourth-order valence-corrected chi connectivity index (χ4v) is 3.88. The molecule has 1 aromatic carbocycles. The van der Waals surface area contributed by atoms with Gasteiger partial charge >= 0.3 is 0 Å². The van der Waals surface area contributed by atoms with Crippen molar-refractivity contribution in [2.45, 2.75) is 0 Å². The molecule has 3 aromatic rings. The molecule has 0 N–H and O–H groups in total. The van der Waals surface area contributed by atoms with Crippen LogP contribution in [0.5, 0.6) is 0 Å². The zero-order valence-electron chi connectivity index (χ0n) is 11.8. The van der Waals surface area contributed by atoms with E-state index in [0.29, 0.717) is 5.15 Å². The highest BCUT2D eigenvalue weighted by Gasteiger charge is 2.17. The van der Waals surface area contributed by atoms with Crippen LogP contribution in [0.1, 0.15) is 5.69 Å². The maximum atomic E-state index is 6.23. The van der Waals surface area contributed by atoms with Gasteiger partial charge in [-0.3, -0.25) is 0 Å². The number of hydrogen-bond acceptors (Lipinski definition) is 3. The van der Waals surface area contributed by atoms with Gasteiger partial charge in [0.15, 0.2) is 5.82 Å². The van der Waals surface area contributed by atoms with Gasteiger partial charge in [0.05, 0.1) is 5.69 Å². The number of aryl methyl sites for hydroxylation is 1. The first-order valence-electron chi connectivity index (χ1n) is 6.79. The van der Waals surface area contributed by atoms with Crippen LogP contribution in [0.25, 0.3) is 22.5 Å². The minimum absolute atomic E-state index is 0.219. The third kappa shape index (κ3) is 2.59. The molecule has 0 fully saturated rings. The largest absolute Gasteiger partial charge is 0.317 e. The lowest BCUT2D eigenvalue weighted by atomic mass is 9.99. The molecule has 1 aliphatic heterocycles. The molecule has 6 heteroatoms. The van der Waals surface area contributed by atoms with E-state index >= 15 is 0 Å². The van der Waals surface area contributed by atoms with Gasteiger partial charge in [0, 0.05) is 20.5 Å². The molecule has 2 aromatic heterocycles. The Hall–Kier alpha value is -1.60. The number of nitrogens with zero attached hydrogens (tertiary/aromatic N) is 4. The van der Waals surface area contributed by atoms with Crippen molar-refractivity contribution in [3.05, 3.63) is 53.6 Å². The van der Waals surface area contributed by atoms with E-state index in [4.69, 9.17) is 11.6 Å². The summed E-state index contributed by atoms with van der Waals surface area (Å²) in [5.74, 6) is 0.844. The summed E-state index contributed by atoms with van der Waals surface area (Å²) < 4.78 is 4.64. The van der Waals surface area contributed by atoms with Crippen LogP contribution >= 0.6 is 32.3 Å². The molecule has 0 aliphatic carbocycles. The Morgan fingerprint density at radius 2 is 1.95 bits per heavy atom.